The number of allylic oxidation sites excluding steroid dienone is 4. The lowest BCUT2D eigenvalue weighted by Crippen LogP contribution is -2.61. The lowest BCUT2D eigenvalue weighted by molar-refractivity contribution is -0.332. The molecule has 2 rings (SSSR count). The Morgan fingerprint density at radius 3 is 1.37 bits per heavy atom. The van der Waals surface area contributed by atoms with Crippen LogP contribution in [0.2, 0.25) is 0 Å². The van der Waals surface area contributed by atoms with Gasteiger partial charge < -0.3 is 64.2 Å². The van der Waals surface area contributed by atoms with Gasteiger partial charge in [0, 0.05) is 12.8 Å². The van der Waals surface area contributed by atoms with Gasteiger partial charge in [-0.1, -0.05) is 167 Å². The van der Waals surface area contributed by atoms with E-state index < -0.39 is 99.3 Å². The molecule has 0 aromatic carbocycles. The SMILES string of the molecule is CCCCCC/C=C/CCCCCCCCCCCC(=O)OC[C@@H](CO[C@@H]1O[C@H](CO[C@@H]2O[C@H](CO)[C@H](O)C(O)C2O)[C@H](O)C(O)C1O)OC(=O)CC/C=C/CCCCCCCCCCCCC. The van der Waals surface area contributed by atoms with Gasteiger partial charge >= 0.3 is 11.9 Å². The topological polar surface area (TPSA) is 231 Å². The molecule has 2 aliphatic heterocycles. The Balaban J connectivity index is 1.80. The van der Waals surface area contributed by atoms with Crippen LogP contribution in [-0.2, 0) is 38.0 Å². The first-order valence-electron chi connectivity index (χ1n) is 26.9. The van der Waals surface area contributed by atoms with Crippen molar-refractivity contribution in [3.8, 4) is 0 Å². The highest BCUT2D eigenvalue weighted by Gasteiger charge is 2.47. The van der Waals surface area contributed by atoms with E-state index in [1.54, 1.807) is 0 Å². The molecule has 15 nitrogen and oxygen atoms in total. The molecule has 0 amide bonds. The minimum absolute atomic E-state index is 0.0840. The monoisotopic (exact) mass is 973 g/mol. The van der Waals surface area contributed by atoms with E-state index in [0.29, 0.717) is 12.8 Å². The van der Waals surface area contributed by atoms with Crippen molar-refractivity contribution in [3.63, 3.8) is 0 Å². The molecule has 0 aromatic heterocycles. The van der Waals surface area contributed by atoms with Crippen LogP contribution in [0.5, 0.6) is 0 Å². The van der Waals surface area contributed by atoms with Crippen LogP contribution in [0.15, 0.2) is 24.3 Å². The van der Waals surface area contributed by atoms with Gasteiger partial charge in [-0.3, -0.25) is 9.59 Å². The second-order valence-electron chi connectivity index (χ2n) is 19.0. The van der Waals surface area contributed by atoms with E-state index in [9.17, 15) is 45.3 Å². The van der Waals surface area contributed by atoms with Crippen molar-refractivity contribution in [1.82, 2.24) is 0 Å². The number of esters is 2. The third kappa shape index (κ3) is 28.1. The summed E-state index contributed by atoms with van der Waals surface area (Å²) in [6, 6.07) is 0. The number of carbonyl (C=O) groups is 2. The number of rotatable bonds is 42. The highest BCUT2D eigenvalue weighted by Crippen LogP contribution is 2.26. The van der Waals surface area contributed by atoms with Crippen LogP contribution in [0, 0.1) is 0 Å². The summed E-state index contributed by atoms with van der Waals surface area (Å²) in [7, 11) is 0. The molecule has 0 saturated carbocycles. The predicted octanol–water partition coefficient (Wildman–Crippen LogP) is 7.94. The van der Waals surface area contributed by atoms with Crippen molar-refractivity contribution in [2.24, 2.45) is 0 Å². The molecule has 68 heavy (non-hydrogen) atoms. The molecular formula is C53H96O15. The van der Waals surface area contributed by atoms with Crippen LogP contribution in [0.3, 0.4) is 0 Å². The Morgan fingerprint density at radius 2 is 0.868 bits per heavy atom. The standard InChI is InChI=1S/C53H96O15/c1-3-5-7-9-11-13-15-17-19-20-22-23-25-27-29-31-33-35-44(55)63-38-41(66-45(56)36-34-32-30-28-26-24-21-18-16-14-12-10-8-6-4-2)39-64-52-51(62)49(60)47(58)43(68-52)40-65-53-50(61)48(59)46(57)42(37-54)67-53/h13,15,30,32,41-43,46-54,57-62H,3-12,14,16-29,31,33-40H2,1-2H3/b15-13+,32-30+/t41-,42+,43+,46-,47-,48?,49?,50?,51?,52+,53+/m0/s1. The van der Waals surface area contributed by atoms with E-state index >= 15 is 0 Å². The average molecular weight is 973 g/mol. The molecule has 0 radical (unpaired) electrons. The first-order chi connectivity index (χ1) is 33.0. The Kier molecular flexibility index (Phi) is 37.0. The summed E-state index contributed by atoms with van der Waals surface area (Å²) in [6.07, 6.45) is 25.0. The summed E-state index contributed by atoms with van der Waals surface area (Å²) in [5.41, 5.74) is 0. The Hall–Kier alpha value is -2.02. The first kappa shape index (κ1) is 62.1. The largest absolute Gasteiger partial charge is 0.462 e. The summed E-state index contributed by atoms with van der Waals surface area (Å²) in [6.45, 7) is 2.56. The van der Waals surface area contributed by atoms with Crippen molar-refractivity contribution < 1.29 is 73.8 Å². The normalized spacial score (nSPS) is 25.9. The minimum atomic E-state index is -1.77. The van der Waals surface area contributed by atoms with E-state index in [1.807, 2.05) is 6.08 Å². The van der Waals surface area contributed by atoms with Crippen LogP contribution in [0.1, 0.15) is 206 Å². The molecule has 2 fully saturated rings. The van der Waals surface area contributed by atoms with E-state index in [1.165, 1.54) is 135 Å². The van der Waals surface area contributed by atoms with Crippen LogP contribution in [-0.4, -0.2) is 142 Å². The molecule has 4 unspecified atom stereocenters. The van der Waals surface area contributed by atoms with Gasteiger partial charge in [-0.15, -0.1) is 0 Å². The summed E-state index contributed by atoms with van der Waals surface area (Å²) < 4.78 is 33.6. The molecule has 2 heterocycles. The fraction of sp³-hybridized carbons (Fsp3) is 0.887. The zero-order valence-corrected chi connectivity index (χ0v) is 42.1. The highest BCUT2D eigenvalue weighted by molar-refractivity contribution is 5.70. The number of carbonyl (C=O) groups excluding carboxylic acids is 2. The third-order valence-electron chi connectivity index (χ3n) is 12.9. The molecule has 2 aliphatic rings. The van der Waals surface area contributed by atoms with E-state index in [2.05, 4.69) is 32.1 Å². The maximum Gasteiger partial charge on any atom is 0.306 e. The van der Waals surface area contributed by atoms with E-state index in [0.717, 1.165) is 32.1 Å². The predicted molar refractivity (Wildman–Crippen MR) is 261 cm³/mol. The first-order valence-corrected chi connectivity index (χ1v) is 26.9. The number of aliphatic hydroxyl groups excluding tert-OH is 7. The molecule has 2 saturated heterocycles. The minimum Gasteiger partial charge on any atom is -0.462 e. The molecular weight excluding hydrogens is 877 g/mol. The van der Waals surface area contributed by atoms with Gasteiger partial charge in [0.05, 0.1) is 19.8 Å². The number of unbranched alkanes of at least 4 members (excludes halogenated alkanes) is 24. The second-order valence-corrected chi connectivity index (χ2v) is 19.0. The van der Waals surface area contributed by atoms with Crippen molar-refractivity contribution in [2.75, 3.05) is 26.4 Å². The molecule has 15 heteroatoms. The Bertz CT molecular complexity index is 1280. The van der Waals surface area contributed by atoms with Crippen LogP contribution in [0.25, 0.3) is 0 Å². The Labute approximate surface area is 409 Å². The summed E-state index contributed by atoms with van der Waals surface area (Å²) in [5, 5.41) is 72.1. The van der Waals surface area contributed by atoms with Crippen LogP contribution < -0.4 is 0 Å². The van der Waals surface area contributed by atoms with E-state index in [-0.39, 0.29) is 19.4 Å². The van der Waals surface area contributed by atoms with E-state index in [4.69, 9.17) is 28.4 Å². The van der Waals surface area contributed by atoms with Gasteiger partial charge in [0.15, 0.2) is 18.7 Å². The molecule has 0 bridgehead atoms. The molecule has 11 atom stereocenters. The number of hydrogen-bond acceptors (Lipinski definition) is 15. The van der Waals surface area contributed by atoms with Gasteiger partial charge in [-0.25, -0.2) is 0 Å². The molecule has 0 spiro atoms. The third-order valence-corrected chi connectivity index (χ3v) is 12.9. The van der Waals surface area contributed by atoms with Crippen molar-refractivity contribution in [2.45, 2.75) is 274 Å². The van der Waals surface area contributed by atoms with Crippen LogP contribution >= 0.6 is 0 Å². The summed E-state index contributed by atoms with van der Waals surface area (Å²) in [4.78, 5) is 25.8. The van der Waals surface area contributed by atoms with Crippen molar-refractivity contribution in [3.05, 3.63) is 24.3 Å². The number of ether oxygens (including phenoxy) is 6. The number of aliphatic hydroxyl groups is 7. The van der Waals surface area contributed by atoms with Gasteiger partial charge in [-0.2, -0.15) is 0 Å². The second kappa shape index (κ2) is 40.6. The Morgan fingerprint density at radius 1 is 0.456 bits per heavy atom. The molecule has 0 aromatic rings. The summed E-state index contributed by atoms with van der Waals surface area (Å²) in [5.74, 6) is -0.977. The number of hydrogen-bond donors (Lipinski definition) is 7. The molecule has 0 aliphatic carbocycles. The zero-order chi connectivity index (χ0) is 49.6. The quantitative estimate of drug-likeness (QED) is 0.0175. The smallest absolute Gasteiger partial charge is 0.306 e. The average Bonchev–Trinajstić information content (AvgIpc) is 3.33. The van der Waals surface area contributed by atoms with Gasteiger partial charge in [-0.05, 0) is 51.4 Å². The fourth-order valence-corrected chi connectivity index (χ4v) is 8.46. The fourth-order valence-electron chi connectivity index (χ4n) is 8.46. The summed E-state index contributed by atoms with van der Waals surface area (Å²) >= 11 is 0. The maximum absolute atomic E-state index is 13.0. The highest BCUT2D eigenvalue weighted by atomic mass is 16.7. The van der Waals surface area contributed by atoms with Gasteiger partial charge in [0.25, 0.3) is 0 Å². The van der Waals surface area contributed by atoms with Gasteiger partial charge in [0.2, 0.25) is 0 Å². The van der Waals surface area contributed by atoms with Crippen molar-refractivity contribution in [1.29, 1.82) is 0 Å². The zero-order valence-electron chi connectivity index (χ0n) is 42.1. The van der Waals surface area contributed by atoms with Crippen molar-refractivity contribution >= 4 is 11.9 Å². The van der Waals surface area contributed by atoms with Gasteiger partial charge in [0.1, 0.15) is 55.4 Å². The molecule has 398 valence electrons. The lowest BCUT2D eigenvalue weighted by Gasteiger charge is -2.42. The molecule has 7 N–H and O–H groups in total. The van der Waals surface area contributed by atoms with Crippen LogP contribution in [0.4, 0.5) is 0 Å². The lowest BCUT2D eigenvalue weighted by atomic mass is 9.98. The maximum atomic E-state index is 13.0.